The Kier molecular flexibility index (Phi) is 6.76. The minimum absolute atomic E-state index is 0.0202. The van der Waals surface area contributed by atoms with Crippen molar-refractivity contribution in [2.75, 3.05) is 26.6 Å². The summed E-state index contributed by atoms with van der Waals surface area (Å²) in [6, 6.07) is 17.9. The van der Waals surface area contributed by atoms with Gasteiger partial charge in [0.25, 0.3) is 0 Å². The van der Waals surface area contributed by atoms with E-state index in [4.69, 9.17) is 14.2 Å². The zero-order chi connectivity index (χ0) is 24.3. The molecular formula is C25H26N2O6S. The molecule has 1 atom stereocenters. The maximum Gasteiger partial charge on any atom is 0.244 e. The summed E-state index contributed by atoms with van der Waals surface area (Å²) in [5.74, 6) is 0.949. The number of carbonyl (C=O) groups is 1. The molecular weight excluding hydrogens is 456 g/mol. The predicted octanol–water partition coefficient (Wildman–Crippen LogP) is 3.47. The number of hydrogen-bond donors (Lipinski definition) is 1. The number of hydrogen-bond acceptors (Lipinski definition) is 6. The highest BCUT2D eigenvalue weighted by Crippen LogP contribution is 2.34. The van der Waals surface area contributed by atoms with E-state index in [1.807, 2.05) is 24.3 Å². The van der Waals surface area contributed by atoms with E-state index in [2.05, 4.69) is 5.32 Å². The summed E-state index contributed by atoms with van der Waals surface area (Å²) >= 11 is 0. The normalized spacial score (nSPS) is 15.8. The monoisotopic (exact) mass is 482 g/mol. The first-order chi connectivity index (χ1) is 16.4. The third-order valence-electron chi connectivity index (χ3n) is 5.83. The Labute approximate surface area is 199 Å². The summed E-state index contributed by atoms with van der Waals surface area (Å²) in [6.45, 7) is 0.0769. The average molecular weight is 483 g/mol. The summed E-state index contributed by atoms with van der Waals surface area (Å²) in [6.07, 6.45) is 0.255. The second kappa shape index (κ2) is 9.74. The minimum atomic E-state index is -4.04. The van der Waals surface area contributed by atoms with Crippen molar-refractivity contribution < 1.29 is 27.4 Å². The number of amides is 1. The van der Waals surface area contributed by atoms with Crippen LogP contribution in [0.1, 0.15) is 11.1 Å². The average Bonchev–Trinajstić information content (AvgIpc) is 2.87. The lowest BCUT2D eigenvalue weighted by molar-refractivity contribution is -0.120. The maximum atomic E-state index is 13.7. The summed E-state index contributed by atoms with van der Waals surface area (Å²) in [4.78, 5) is 13.4. The molecule has 4 rings (SSSR count). The molecule has 0 radical (unpaired) electrons. The lowest BCUT2D eigenvalue weighted by Crippen LogP contribution is -2.50. The highest BCUT2D eigenvalue weighted by molar-refractivity contribution is 7.89. The van der Waals surface area contributed by atoms with Crippen LogP contribution in [0.4, 0.5) is 5.69 Å². The van der Waals surface area contributed by atoms with E-state index in [-0.39, 0.29) is 17.9 Å². The van der Waals surface area contributed by atoms with Gasteiger partial charge in [0.05, 0.1) is 26.2 Å². The van der Waals surface area contributed by atoms with Crippen molar-refractivity contribution in [3.05, 3.63) is 77.9 Å². The Bertz CT molecular complexity index is 1290. The molecule has 1 heterocycles. The van der Waals surface area contributed by atoms with Crippen molar-refractivity contribution in [3.63, 3.8) is 0 Å². The number of benzene rings is 3. The molecule has 0 aromatic heterocycles. The van der Waals surface area contributed by atoms with Crippen LogP contribution in [0.3, 0.4) is 0 Å². The van der Waals surface area contributed by atoms with Crippen LogP contribution >= 0.6 is 0 Å². The largest absolute Gasteiger partial charge is 0.497 e. The molecule has 1 N–H and O–H groups in total. The van der Waals surface area contributed by atoms with Crippen LogP contribution in [-0.4, -0.2) is 46.0 Å². The van der Waals surface area contributed by atoms with E-state index < -0.39 is 22.0 Å². The fraction of sp³-hybridized carbons (Fsp3) is 0.240. The number of nitrogens with one attached hydrogen (secondary N) is 1. The molecule has 1 aliphatic heterocycles. The summed E-state index contributed by atoms with van der Waals surface area (Å²) in [5, 5.41) is 2.84. The molecule has 3 aromatic rings. The van der Waals surface area contributed by atoms with Crippen LogP contribution in [-0.2, 0) is 27.8 Å². The first-order valence-corrected chi connectivity index (χ1v) is 12.1. The van der Waals surface area contributed by atoms with Gasteiger partial charge in [0.15, 0.2) is 11.5 Å². The predicted molar refractivity (Wildman–Crippen MR) is 128 cm³/mol. The van der Waals surface area contributed by atoms with E-state index in [0.717, 1.165) is 11.1 Å². The lowest BCUT2D eigenvalue weighted by atomic mass is 9.95. The molecule has 9 heteroatoms. The van der Waals surface area contributed by atoms with Crippen molar-refractivity contribution in [1.29, 1.82) is 0 Å². The molecule has 0 saturated carbocycles. The Hall–Kier alpha value is -3.56. The molecule has 0 aliphatic carbocycles. The van der Waals surface area contributed by atoms with Gasteiger partial charge in [-0.05, 0) is 53.9 Å². The van der Waals surface area contributed by atoms with Crippen LogP contribution < -0.4 is 19.5 Å². The minimum Gasteiger partial charge on any atom is -0.497 e. The molecule has 1 aliphatic rings. The van der Waals surface area contributed by atoms with Crippen molar-refractivity contribution in [2.24, 2.45) is 0 Å². The Balaban J connectivity index is 1.70. The Morgan fingerprint density at radius 3 is 2.21 bits per heavy atom. The quantitative estimate of drug-likeness (QED) is 0.554. The molecule has 34 heavy (non-hydrogen) atoms. The second-order valence-corrected chi connectivity index (χ2v) is 9.66. The molecule has 0 bridgehead atoms. The van der Waals surface area contributed by atoms with Gasteiger partial charge in [0.2, 0.25) is 15.9 Å². The van der Waals surface area contributed by atoms with Gasteiger partial charge in [-0.25, -0.2) is 8.42 Å². The molecule has 8 nitrogen and oxygen atoms in total. The highest BCUT2D eigenvalue weighted by atomic mass is 32.2. The fourth-order valence-corrected chi connectivity index (χ4v) is 5.57. The van der Waals surface area contributed by atoms with Crippen molar-refractivity contribution in [3.8, 4) is 17.2 Å². The summed E-state index contributed by atoms with van der Waals surface area (Å²) < 4.78 is 44.4. The van der Waals surface area contributed by atoms with Crippen LogP contribution in [0.2, 0.25) is 0 Å². The number of ether oxygens (including phenoxy) is 3. The number of carbonyl (C=O) groups excluding carboxylic acids is 1. The first kappa shape index (κ1) is 23.6. The van der Waals surface area contributed by atoms with Gasteiger partial charge in [0, 0.05) is 18.3 Å². The van der Waals surface area contributed by atoms with Gasteiger partial charge in [-0.15, -0.1) is 0 Å². The van der Waals surface area contributed by atoms with Crippen LogP contribution in [0.15, 0.2) is 71.6 Å². The molecule has 3 aromatic carbocycles. The first-order valence-electron chi connectivity index (χ1n) is 10.6. The van der Waals surface area contributed by atoms with Crippen LogP contribution in [0.5, 0.6) is 17.2 Å². The van der Waals surface area contributed by atoms with E-state index in [9.17, 15) is 13.2 Å². The van der Waals surface area contributed by atoms with Gasteiger partial charge in [-0.1, -0.05) is 24.3 Å². The number of methoxy groups -OCH3 is 3. The van der Waals surface area contributed by atoms with Crippen LogP contribution in [0, 0.1) is 0 Å². The van der Waals surface area contributed by atoms with E-state index in [1.165, 1.54) is 36.7 Å². The van der Waals surface area contributed by atoms with Crippen LogP contribution in [0.25, 0.3) is 0 Å². The van der Waals surface area contributed by atoms with Crippen molar-refractivity contribution in [1.82, 2.24) is 4.31 Å². The zero-order valence-corrected chi connectivity index (χ0v) is 20.0. The third kappa shape index (κ3) is 4.57. The number of sulfonamides is 1. The van der Waals surface area contributed by atoms with Crippen molar-refractivity contribution >= 4 is 21.6 Å². The summed E-state index contributed by atoms with van der Waals surface area (Å²) in [5.41, 5.74) is 2.35. The molecule has 178 valence electrons. The molecule has 0 fully saturated rings. The van der Waals surface area contributed by atoms with E-state index >= 15 is 0 Å². The topological polar surface area (TPSA) is 94.2 Å². The van der Waals surface area contributed by atoms with E-state index in [0.29, 0.717) is 22.9 Å². The standard InChI is InChI=1S/C25H26N2O6S/c1-31-20-10-8-19(9-11-20)26-25(28)22-14-17-6-4-5-7-18(17)16-27(22)34(29,30)21-12-13-23(32-2)24(15-21)33-3/h4-13,15,22H,14,16H2,1-3H3,(H,26,28)/t22-/m0/s1. The molecule has 0 saturated heterocycles. The number of anilines is 1. The fourth-order valence-electron chi connectivity index (χ4n) is 3.99. The Morgan fingerprint density at radius 2 is 1.56 bits per heavy atom. The second-order valence-electron chi connectivity index (χ2n) is 7.77. The smallest absolute Gasteiger partial charge is 0.244 e. The molecule has 0 unspecified atom stereocenters. The number of fused-ring (bicyclic) bond motifs is 1. The van der Waals surface area contributed by atoms with Gasteiger partial charge in [0.1, 0.15) is 11.8 Å². The molecule has 1 amide bonds. The highest BCUT2D eigenvalue weighted by Gasteiger charge is 2.40. The van der Waals surface area contributed by atoms with Gasteiger partial charge >= 0.3 is 0 Å². The lowest BCUT2D eigenvalue weighted by Gasteiger charge is -2.35. The van der Waals surface area contributed by atoms with E-state index in [1.54, 1.807) is 31.4 Å². The van der Waals surface area contributed by atoms with Crippen molar-refractivity contribution in [2.45, 2.75) is 23.9 Å². The van der Waals surface area contributed by atoms with Gasteiger partial charge < -0.3 is 19.5 Å². The number of nitrogens with zero attached hydrogens (tertiary/aromatic N) is 1. The maximum absolute atomic E-state index is 13.7. The molecule has 0 spiro atoms. The zero-order valence-electron chi connectivity index (χ0n) is 19.1. The third-order valence-corrected chi connectivity index (χ3v) is 7.68. The van der Waals surface area contributed by atoms with Gasteiger partial charge in [-0.3, -0.25) is 4.79 Å². The summed E-state index contributed by atoms with van der Waals surface area (Å²) in [7, 11) is 0.437. The SMILES string of the molecule is COc1ccc(NC(=O)[C@@H]2Cc3ccccc3CN2S(=O)(=O)c2ccc(OC)c(OC)c2)cc1. The number of rotatable bonds is 7. The Morgan fingerprint density at radius 1 is 0.882 bits per heavy atom. The van der Waals surface area contributed by atoms with Gasteiger partial charge in [-0.2, -0.15) is 4.31 Å².